The molecule has 0 unspecified atom stereocenters. The van der Waals surface area contributed by atoms with Crippen LogP contribution in [0.5, 0.6) is 0 Å². The van der Waals surface area contributed by atoms with Crippen LogP contribution in [0.15, 0.2) is 42.7 Å². The lowest BCUT2D eigenvalue weighted by atomic mass is 10.2. The minimum atomic E-state index is -0.238. The zero-order valence-corrected chi connectivity index (χ0v) is 17.8. The van der Waals surface area contributed by atoms with Crippen LogP contribution in [0.4, 0.5) is 10.5 Å². The number of carbonyl (C=O) groups excluding carboxylic acids is 3. The highest BCUT2D eigenvalue weighted by atomic mass is 16.2. The summed E-state index contributed by atoms with van der Waals surface area (Å²) in [5, 5.41) is 12.6. The summed E-state index contributed by atoms with van der Waals surface area (Å²) in [6.45, 7) is 0.838. The molecular formula is C22H30N6O3. The average Bonchev–Trinajstić information content (AvgIpc) is 3.40. The van der Waals surface area contributed by atoms with E-state index in [-0.39, 0.29) is 43.4 Å². The van der Waals surface area contributed by atoms with Crippen LogP contribution >= 0.6 is 0 Å². The van der Waals surface area contributed by atoms with Gasteiger partial charge in [0.1, 0.15) is 6.54 Å². The molecule has 0 spiro atoms. The van der Waals surface area contributed by atoms with E-state index in [1.165, 1.54) is 10.9 Å². The minimum absolute atomic E-state index is 0.0739. The summed E-state index contributed by atoms with van der Waals surface area (Å²) in [5.41, 5.74) is 1.55. The van der Waals surface area contributed by atoms with Crippen molar-refractivity contribution in [3.05, 3.63) is 48.3 Å². The Labute approximate surface area is 182 Å². The fourth-order valence-electron chi connectivity index (χ4n) is 3.58. The van der Waals surface area contributed by atoms with Crippen LogP contribution < -0.4 is 16.0 Å². The number of amides is 4. The van der Waals surface area contributed by atoms with Gasteiger partial charge < -0.3 is 20.9 Å². The second-order valence-corrected chi connectivity index (χ2v) is 7.85. The van der Waals surface area contributed by atoms with Gasteiger partial charge in [0.2, 0.25) is 11.8 Å². The Morgan fingerprint density at radius 3 is 2.61 bits per heavy atom. The summed E-state index contributed by atoms with van der Waals surface area (Å²) in [4.78, 5) is 37.9. The number of benzene rings is 1. The molecule has 1 aromatic carbocycles. The van der Waals surface area contributed by atoms with Crippen molar-refractivity contribution in [1.82, 2.24) is 25.3 Å². The maximum Gasteiger partial charge on any atom is 0.317 e. The first-order valence-electron chi connectivity index (χ1n) is 10.6. The van der Waals surface area contributed by atoms with Gasteiger partial charge in [0.25, 0.3) is 0 Å². The summed E-state index contributed by atoms with van der Waals surface area (Å²) in [5.74, 6) is -0.309. The quantitative estimate of drug-likeness (QED) is 0.571. The molecule has 0 aliphatic heterocycles. The van der Waals surface area contributed by atoms with Crippen molar-refractivity contribution in [3.63, 3.8) is 0 Å². The van der Waals surface area contributed by atoms with Crippen LogP contribution in [-0.4, -0.2) is 52.2 Å². The zero-order valence-electron chi connectivity index (χ0n) is 17.8. The predicted molar refractivity (Wildman–Crippen MR) is 117 cm³/mol. The third kappa shape index (κ3) is 7.44. The number of hydrogen-bond acceptors (Lipinski definition) is 4. The maximum atomic E-state index is 12.1. The molecule has 1 heterocycles. The molecule has 3 N–H and O–H groups in total. The number of carbonyl (C=O) groups is 3. The molecule has 0 radical (unpaired) electrons. The van der Waals surface area contributed by atoms with Crippen molar-refractivity contribution in [3.8, 4) is 0 Å². The maximum absolute atomic E-state index is 12.1. The molecule has 0 saturated heterocycles. The molecule has 1 saturated carbocycles. The van der Waals surface area contributed by atoms with Crippen LogP contribution in [0.1, 0.15) is 37.7 Å². The Bertz CT molecular complexity index is 876. The fraction of sp³-hybridized carbons (Fsp3) is 0.455. The molecule has 31 heavy (non-hydrogen) atoms. The van der Waals surface area contributed by atoms with E-state index in [0.29, 0.717) is 12.2 Å². The van der Waals surface area contributed by atoms with Crippen molar-refractivity contribution in [2.75, 3.05) is 18.9 Å². The van der Waals surface area contributed by atoms with E-state index in [1.54, 1.807) is 18.1 Å². The summed E-state index contributed by atoms with van der Waals surface area (Å²) < 4.78 is 1.50. The molecule has 0 atom stereocenters. The molecule has 9 heteroatoms. The van der Waals surface area contributed by atoms with Gasteiger partial charge in [0.15, 0.2) is 0 Å². The molecule has 1 aliphatic rings. The largest absolute Gasteiger partial charge is 0.352 e. The first-order valence-corrected chi connectivity index (χ1v) is 10.6. The smallest absolute Gasteiger partial charge is 0.317 e. The van der Waals surface area contributed by atoms with Gasteiger partial charge in [0, 0.05) is 38.8 Å². The monoisotopic (exact) mass is 426 g/mol. The van der Waals surface area contributed by atoms with Crippen molar-refractivity contribution in [2.24, 2.45) is 0 Å². The average molecular weight is 427 g/mol. The predicted octanol–water partition coefficient (Wildman–Crippen LogP) is 2.11. The molecule has 0 bridgehead atoms. The van der Waals surface area contributed by atoms with Crippen LogP contribution in [0, 0.1) is 0 Å². The van der Waals surface area contributed by atoms with Gasteiger partial charge in [-0.05, 0) is 18.4 Å². The molecule has 9 nitrogen and oxygen atoms in total. The van der Waals surface area contributed by atoms with E-state index >= 15 is 0 Å². The molecular weight excluding hydrogens is 396 g/mol. The number of rotatable bonds is 9. The number of anilines is 1. The Kier molecular flexibility index (Phi) is 8.03. The zero-order chi connectivity index (χ0) is 22.1. The number of nitrogens with one attached hydrogen (secondary N) is 3. The molecule has 166 valence electrons. The van der Waals surface area contributed by atoms with E-state index in [2.05, 4.69) is 21.0 Å². The Balaban J connectivity index is 1.34. The van der Waals surface area contributed by atoms with Crippen molar-refractivity contribution in [1.29, 1.82) is 0 Å². The molecule has 1 aliphatic carbocycles. The molecule has 1 aromatic heterocycles. The molecule has 1 fully saturated rings. The van der Waals surface area contributed by atoms with Crippen molar-refractivity contribution in [2.45, 2.75) is 51.2 Å². The van der Waals surface area contributed by atoms with Gasteiger partial charge in [-0.1, -0.05) is 43.2 Å². The molecule has 3 rings (SSSR count). The van der Waals surface area contributed by atoms with Crippen LogP contribution in [0.3, 0.4) is 0 Å². The normalized spacial score (nSPS) is 13.6. The number of nitrogens with zero attached hydrogens (tertiary/aromatic N) is 3. The van der Waals surface area contributed by atoms with Gasteiger partial charge in [-0.2, -0.15) is 5.10 Å². The Hall–Kier alpha value is -3.36. The van der Waals surface area contributed by atoms with E-state index in [9.17, 15) is 14.4 Å². The van der Waals surface area contributed by atoms with Crippen molar-refractivity contribution >= 4 is 23.5 Å². The lowest BCUT2D eigenvalue weighted by molar-refractivity contribution is -0.122. The van der Waals surface area contributed by atoms with E-state index in [4.69, 9.17) is 0 Å². The van der Waals surface area contributed by atoms with Gasteiger partial charge in [-0.25, -0.2) is 4.79 Å². The third-order valence-corrected chi connectivity index (χ3v) is 5.18. The molecule has 4 amide bonds. The van der Waals surface area contributed by atoms with E-state index < -0.39 is 0 Å². The van der Waals surface area contributed by atoms with Crippen LogP contribution in [0.2, 0.25) is 0 Å². The fourth-order valence-corrected chi connectivity index (χ4v) is 3.58. The summed E-state index contributed by atoms with van der Waals surface area (Å²) in [6, 6.07) is 9.72. The highest BCUT2D eigenvalue weighted by Gasteiger charge is 2.17. The Morgan fingerprint density at radius 2 is 1.87 bits per heavy atom. The lowest BCUT2D eigenvalue weighted by Crippen LogP contribution is -2.38. The number of hydrogen-bond donors (Lipinski definition) is 3. The minimum Gasteiger partial charge on any atom is -0.352 e. The third-order valence-electron chi connectivity index (χ3n) is 5.18. The summed E-state index contributed by atoms with van der Waals surface area (Å²) in [6.07, 6.45) is 7.65. The number of urea groups is 1. The van der Waals surface area contributed by atoms with Gasteiger partial charge >= 0.3 is 6.03 Å². The second kappa shape index (κ2) is 11.1. The summed E-state index contributed by atoms with van der Waals surface area (Å²) in [7, 11) is 1.71. The van der Waals surface area contributed by atoms with Crippen LogP contribution in [0.25, 0.3) is 0 Å². The first-order chi connectivity index (χ1) is 15.0. The lowest BCUT2D eigenvalue weighted by Gasteiger charge is -2.18. The topological polar surface area (TPSA) is 108 Å². The standard InChI is InChI=1S/C22H30N6O3/c1-27(14-17-7-3-2-4-8-17)22(31)23-12-11-20(29)26-19-13-24-28(15-19)16-21(30)25-18-9-5-6-10-18/h2-4,7-8,13,15,18H,5-6,9-12,14,16H2,1H3,(H,23,31)(H,25,30)(H,26,29). The van der Waals surface area contributed by atoms with Crippen molar-refractivity contribution < 1.29 is 14.4 Å². The van der Waals surface area contributed by atoms with Gasteiger partial charge in [-0.3, -0.25) is 14.3 Å². The van der Waals surface area contributed by atoms with Crippen LogP contribution in [-0.2, 0) is 22.7 Å². The number of aromatic nitrogens is 2. The Morgan fingerprint density at radius 1 is 1.13 bits per heavy atom. The highest BCUT2D eigenvalue weighted by Crippen LogP contribution is 2.17. The second-order valence-electron chi connectivity index (χ2n) is 7.85. The molecule has 2 aromatic rings. The van der Waals surface area contributed by atoms with E-state index in [0.717, 1.165) is 31.2 Å². The summed E-state index contributed by atoms with van der Waals surface area (Å²) >= 11 is 0. The van der Waals surface area contributed by atoms with Gasteiger partial charge in [-0.15, -0.1) is 0 Å². The van der Waals surface area contributed by atoms with Gasteiger partial charge in [0.05, 0.1) is 11.9 Å². The first kappa shape index (κ1) is 22.3. The SMILES string of the molecule is CN(Cc1ccccc1)C(=O)NCCC(=O)Nc1cnn(CC(=O)NC2CCCC2)c1. The highest BCUT2D eigenvalue weighted by molar-refractivity contribution is 5.90. The van der Waals surface area contributed by atoms with E-state index in [1.807, 2.05) is 30.3 Å².